The van der Waals surface area contributed by atoms with E-state index in [0.29, 0.717) is 5.92 Å². The Hall–Kier alpha value is -0.890. The smallest absolute Gasteiger partial charge is 0.270 e. The van der Waals surface area contributed by atoms with Crippen molar-refractivity contribution in [3.8, 4) is 0 Å². The van der Waals surface area contributed by atoms with Crippen molar-refractivity contribution in [3.05, 3.63) is 31.9 Å². The minimum absolute atomic E-state index is 0.144. The van der Waals surface area contributed by atoms with E-state index in [1.54, 1.807) is 18.2 Å². The van der Waals surface area contributed by atoms with Crippen molar-refractivity contribution < 1.29 is 4.92 Å². The van der Waals surface area contributed by atoms with Gasteiger partial charge in [-0.25, -0.2) is 0 Å². The van der Waals surface area contributed by atoms with E-state index in [1.807, 2.05) is 0 Å². The van der Waals surface area contributed by atoms with Crippen molar-refractivity contribution in [1.29, 1.82) is 0 Å². The summed E-state index contributed by atoms with van der Waals surface area (Å²) in [5.41, 5.74) is 1.13. The predicted octanol–water partition coefficient (Wildman–Crippen LogP) is 2.56. The maximum atomic E-state index is 10.6. The van der Waals surface area contributed by atoms with Crippen LogP contribution in [0.15, 0.2) is 18.2 Å². The van der Waals surface area contributed by atoms with Gasteiger partial charge in [-0.1, -0.05) is 0 Å². The standard InChI is InChI=1S/C12H16IN3O2/c1-15-5-4-9(8-15)7-14-12-3-2-10(16(17)18)6-11(12)13/h2-3,6,9,14H,4-5,7-8H2,1H3. The van der Waals surface area contributed by atoms with Crippen LogP contribution in [0.4, 0.5) is 11.4 Å². The van der Waals surface area contributed by atoms with E-state index in [0.717, 1.165) is 28.9 Å². The summed E-state index contributed by atoms with van der Waals surface area (Å²) in [7, 11) is 2.13. The molecular formula is C12H16IN3O2. The van der Waals surface area contributed by atoms with Gasteiger partial charge in [0, 0.05) is 34.5 Å². The Balaban J connectivity index is 1.95. The van der Waals surface area contributed by atoms with Crippen LogP contribution in [-0.2, 0) is 0 Å². The van der Waals surface area contributed by atoms with Crippen LogP contribution < -0.4 is 5.32 Å². The molecular weight excluding hydrogens is 345 g/mol. The van der Waals surface area contributed by atoms with Crippen LogP contribution >= 0.6 is 22.6 Å². The maximum Gasteiger partial charge on any atom is 0.270 e. The van der Waals surface area contributed by atoms with E-state index in [9.17, 15) is 10.1 Å². The van der Waals surface area contributed by atoms with Gasteiger partial charge in [0.15, 0.2) is 0 Å². The summed E-state index contributed by atoms with van der Waals surface area (Å²) in [4.78, 5) is 12.6. The number of rotatable bonds is 4. The van der Waals surface area contributed by atoms with Crippen LogP contribution in [0.2, 0.25) is 0 Å². The third kappa shape index (κ3) is 3.32. The molecule has 1 atom stereocenters. The fraction of sp³-hybridized carbons (Fsp3) is 0.500. The molecule has 1 aromatic carbocycles. The lowest BCUT2D eigenvalue weighted by molar-refractivity contribution is -0.384. The van der Waals surface area contributed by atoms with Gasteiger partial charge in [-0.15, -0.1) is 0 Å². The molecule has 1 unspecified atom stereocenters. The zero-order valence-electron chi connectivity index (χ0n) is 10.2. The molecule has 1 aromatic rings. The highest BCUT2D eigenvalue weighted by molar-refractivity contribution is 14.1. The fourth-order valence-corrected chi connectivity index (χ4v) is 2.90. The molecule has 6 heteroatoms. The molecule has 0 bridgehead atoms. The number of non-ortho nitro benzene ring substituents is 1. The molecule has 1 heterocycles. The molecule has 0 aromatic heterocycles. The van der Waals surface area contributed by atoms with Gasteiger partial charge in [0.1, 0.15) is 0 Å². The van der Waals surface area contributed by atoms with Crippen LogP contribution in [0.5, 0.6) is 0 Å². The first-order valence-corrected chi connectivity index (χ1v) is 7.00. The number of hydrogen-bond donors (Lipinski definition) is 1. The second-order valence-corrected chi connectivity index (χ2v) is 5.88. The molecule has 2 rings (SSSR count). The number of halogens is 1. The topological polar surface area (TPSA) is 58.4 Å². The van der Waals surface area contributed by atoms with E-state index in [-0.39, 0.29) is 10.6 Å². The van der Waals surface area contributed by atoms with E-state index >= 15 is 0 Å². The normalized spacial score (nSPS) is 20.0. The van der Waals surface area contributed by atoms with Crippen molar-refractivity contribution in [3.63, 3.8) is 0 Å². The Morgan fingerprint density at radius 3 is 2.94 bits per heavy atom. The lowest BCUT2D eigenvalue weighted by Gasteiger charge is -2.13. The zero-order valence-corrected chi connectivity index (χ0v) is 12.4. The van der Waals surface area contributed by atoms with Crippen molar-refractivity contribution >= 4 is 34.0 Å². The second-order valence-electron chi connectivity index (χ2n) is 4.72. The molecule has 1 aliphatic heterocycles. The Kier molecular flexibility index (Phi) is 4.39. The van der Waals surface area contributed by atoms with E-state index in [1.165, 1.54) is 6.42 Å². The molecule has 0 amide bonds. The van der Waals surface area contributed by atoms with Crippen molar-refractivity contribution in [2.24, 2.45) is 5.92 Å². The molecule has 0 aliphatic carbocycles. The van der Waals surface area contributed by atoms with E-state index < -0.39 is 0 Å². The van der Waals surface area contributed by atoms with Gasteiger partial charge in [-0.2, -0.15) is 0 Å². The molecule has 0 radical (unpaired) electrons. The molecule has 0 spiro atoms. The van der Waals surface area contributed by atoms with Crippen molar-refractivity contribution in [2.75, 3.05) is 32.0 Å². The van der Waals surface area contributed by atoms with Gasteiger partial charge in [-0.05, 0) is 54.6 Å². The van der Waals surface area contributed by atoms with Crippen molar-refractivity contribution in [1.82, 2.24) is 4.90 Å². The highest BCUT2D eigenvalue weighted by Gasteiger charge is 2.19. The third-order valence-electron chi connectivity index (χ3n) is 3.23. The lowest BCUT2D eigenvalue weighted by atomic mass is 10.1. The number of nitrogens with zero attached hydrogens (tertiary/aromatic N) is 2. The Morgan fingerprint density at radius 1 is 1.61 bits per heavy atom. The molecule has 1 fully saturated rings. The van der Waals surface area contributed by atoms with E-state index in [4.69, 9.17) is 0 Å². The number of likely N-dealkylation sites (tertiary alicyclic amines) is 1. The first-order chi connectivity index (χ1) is 8.56. The number of nitro groups is 1. The molecule has 1 saturated heterocycles. The Labute approximate surface area is 120 Å². The summed E-state index contributed by atoms with van der Waals surface area (Å²) in [5, 5.41) is 14.0. The largest absolute Gasteiger partial charge is 0.384 e. The summed E-state index contributed by atoms with van der Waals surface area (Å²) in [6, 6.07) is 4.94. The quantitative estimate of drug-likeness (QED) is 0.509. The Bertz CT molecular complexity index is 453. The van der Waals surface area contributed by atoms with Gasteiger partial charge in [0.25, 0.3) is 5.69 Å². The van der Waals surface area contributed by atoms with Gasteiger partial charge in [0.05, 0.1) is 4.92 Å². The summed E-state index contributed by atoms with van der Waals surface area (Å²) in [5.74, 6) is 0.668. The average molecular weight is 361 g/mol. The minimum Gasteiger partial charge on any atom is -0.384 e. The average Bonchev–Trinajstić information content (AvgIpc) is 2.73. The maximum absolute atomic E-state index is 10.6. The molecule has 18 heavy (non-hydrogen) atoms. The van der Waals surface area contributed by atoms with Crippen LogP contribution in [0.3, 0.4) is 0 Å². The molecule has 1 aliphatic rings. The second kappa shape index (κ2) is 5.83. The third-order valence-corrected chi connectivity index (χ3v) is 4.13. The van der Waals surface area contributed by atoms with Crippen LogP contribution in [0.1, 0.15) is 6.42 Å². The van der Waals surface area contributed by atoms with Gasteiger partial charge in [-0.3, -0.25) is 10.1 Å². The van der Waals surface area contributed by atoms with Gasteiger partial charge >= 0.3 is 0 Å². The first kappa shape index (κ1) is 13.5. The summed E-state index contributed by atoms with van der Waals surface area (Å²) < 4.78 is 0.896. The molecule has 5 nitrogen and oxygen atoms in total. The van der Waals surface area contributed by atoms with E-state index in [2.05, 4.69) is 39.9 Å². The number of hydrogen-bond acceptors (Lipinski definition) is 4. The SMILES string of the molecule is CN1CCC(CNc2ccc([N+](=O)[O-])cc2I)C1. The monoisotopic (exact) mass is 361 g/mol. The Morgan fingerprint density at radius 2 is 2.39 bits per heavy atom. The number of benzene rings is 1. The number of nitro benzene ring substituents is 1. The zero-order chi connectivity index (χ0) is 13.1. The van der Waals surface area contributed by atoms with Crippen LogP contribution in [0, 0.1) is 19.6 Å². The number of nitrogens with one attached hydrogen (secondary N) is 1. The van der Waals surface area contributed by atoms with Crippen LogP contribution in [0.25, 0.3) is 0 Å². The van der Waals surface area contributed by atoms with Gasteiger partial charge < -0.3 is 10.2 Å². The summed E-state index contributed by atoms with van der Waals surface area (Å²) in [6.07, 6.45) is 1.22. The summed E-state index contributed by atoms with van der Waals surface area (Å²) >= 11 is 2.13. The predicted molar refractivity (Wildman–Crippen MR) is 79.9 cm³/mol. The summed E-state index contributed by atoms with van der Waals surface area (Å²) in [6.45, 7) is 3.21. The van der Waals surface area contributed by atoms with Crippen LogP contribution in [-0.4, -0.2) is 36.5 Å². The number of anilines is 1. The molecule has 0 saturated carbocycles. The molecule has 98 valence electrons. The highest BCUT2D eigenvalue weighted by Crippen LogP contribution is 2.24. The highest BCUT2D eigenvalue weighted by atomic mass is 127. The van der Waals surface area contributed by atoms with Crippen molar-refractivity contribution in [2.45, 2.75) is 6.42 Å². The minimum atomic E-state index is -0.363. The van der Waals surface area contributed by atoms with Gasteiger partial charge in [0.2, 0.25) is 0 Å². The first-order valence-electron chi connectivity index (χ1n) is 5.92. The fourth-order valence-electron chi connectivity index (χ4n) is 2.21. The molecule has 1 N–H and O–H groups in total. The lowest BCUT2D eigenvalue weighted by Crippen LogP contribution is -2.19.